The Morgan fingerprint density at radius 1 is 1.50 bits per heavy atom. The molecule has 1 fully saturated rings. The monoisotopic (exact) mass is 170 g/mol. The normalized spacial score (nSPS) is 30.6. The summed E-state index contributed by atoms with van der Waals surface area (Å²) in [5, 5.41) is 6.34. The zero-order chi connectivity index (χ0) is 8.29. The van der Waals surface area contributed by atoms with Gasteiger partial charge in [-0.3, -0.25) is 5.10 Å². The van der Waals surface area contributed by atoms with E-state index < -0.39 is 6.43 Å². The van der Waals surface area contributed by atoms with Crippen molar-refractivity contribution in [1.29, 1.82) is 0 Å². The molecule has 1 saturated carbocycles. The second-order valence-corrected chi connectivity index (χ2v) is 3.61. The van der Waals surface area contributed by atoms with Crippen molar-refractivity contribution < 1.29 is 8.78 Å². The number of hydrogen-bond acceptors (Lipinski definition) is 1. The van der Waals surface area contributed by atoms with E-state index in [-0.39, 0.29) is 5.69 Å². The van der Waals surface area contributed by atoms with Gasteiger partial charge in [0.05, 0.1) is 0 Å². The van der Waals surface area contributed by atoms with E-state index in [9.17, 15) is 8.78 Å². The maximum atomic E-state index is 12.4. The molecule has 2 atom stereocenters. The van der Waals surface area contributed by atoms with Crippen LogP contribution in [0.4, 0.5) is 8.78 Å². The number of hydrogen-bond donors (Lipinski definition) is 1. The van der Waals surface area contributed by atoms with E-state index in [1.54, 1.807) is 0 Å². The lowest BCUT2D eigenvalue weighted by Crippen LogP contribution is -1.89. The van der Waals surface area contributed by atoms with Crippen molar-refractivity contribution in [3.05, 3.63) is 17.0 Å². The molecule has 2 aliphatic rings. The molecular formula is C8H8F2N2. The quantitative estimate of drug-likeness (QED) is 0.686. The van der Waals surface area contributed by atoms with Crippen molar-refractivity contribution >= 4 is 0 Å². The van der Waals surface area contributed by atoms with Crippen LogP contribution in [0.5, 0.6) is 0 Å². The number of halogens is 2. The Morgan fingerprint density at radius 3 is 3.08 bits per heavy atom. The summed E-state index contributed by atoms with van der Waals surface area (Å²) in [6.07, 6.45) is -0.393. The molecule has 0 aromatic carbocycles. The highest BCUT2D eigenvalue weighted by atomic mass is 19.3. The molecule has 0 saturated heterocycles. The van der Waals surface area contributed by atoms with Crippen LogP contribution >= 0.6 is 0 Å². The van der Waals surface area contributed by atoms with Crippen molar-refractivity contribution in [3.8, 4) is 0 Å². The summed E-state index contributed by atoms with van der Waals surface area (Å²) in [6.45, 7) is 0. The number of alkyl halides is 2. The largest absolute Gasteiger partial charge is 0.282 e. The lowest BCUT2D eigenvalue weighted by Gasteiger charge is -1.96. The molecule has 0 aliphatic heterocycles. The average molecular weight is 170 g/mol. The third kappa shape index (κ3) is 0.653. The van der Waals surface area contributed by atoms with Gasteiger partial charge in [-0.05, 0) is 24.7 Å². The molecule has 3 rings (SSSR count). The molecule has 2 unspecified atom stereocenters. The van der Waals surface area contributed by atoms with Crippen molar-refractivity contribution in [2.45, 2.75) is 25.2 Å². The van der Waals surface area contributed by atoms with Crippen LogP contribution in [-0.4, -0.2) is 10.2 Å². The predicted octanol–water partition coefficient (Wildman–Crippen LogP) is 2.01. The molecule has 0 bridgehead atoms. The Hall–Kier alpha value is -0.930. The number of H-pyrrole nitrogens is 1. The van der Waals surface area contributed by atoms with E-state index in [4.69, 9.17) is 0 Å². The highest BCUT2D eigenvalue weighted by Crippen LogP contribution is 2.57. The fourth-order valence-corrected chi connectivity index (χ4v) is 2.23. The first-order valence-electron chi connectivity index (χ1n) is 4.12. The van der Waals surface area contributed by atoms with Crippen LogP contribution in [-0.2, 0) is 6.42 Å². The molecule has 1 N–H and O–H groups in total. The summed E-state index contributed by atoms with van der Waals surface area (Å²) >= 11 is 0. The lowest BCUT2D eigenvalue weighted by atomic mass is 10.1. The molecule has 1 aromatic rings. The minimum absolute atomic E-state index is 0.00463. The molecule has 0 radical (unpaired) electrons. The highest BCUT2D eigenvalue weighted by Gasteiger charge is 2.48. The Kier molecular flexibility index (Phi) is 1.02. The molecule has 2 nitrogen and oxygen atoms in total. The van der Waals surface area contributed by atoms with Crippen LogP contribution in [0.15, 0.2) is 0 Å². The number of nitrogens with zero attached hydrogens (tertiary/aromatic N) is 1. The zero-order valence-corrected chi connectivity index (χ0v) is 6.35. The lowest BCUT2D eigenvalue weighted by molar-refractivity contribution is 0.145. The number of nitrogens with one attached hydrogen (secondary N) is 1. The van der Waals surface area contributed by atoms with E-state index in [1.807, 2.05) is 0 Å². The molecule has 4 heteroatoms. The van der Waals surface area contributed by atoms with E-state index in [1.165, 1.54) is 0 Å². The second-order valence-electron chi connectivity index (χ2n) is 3.61. The summed E-state index contributed by atoms with van der Waals surface area (Å²) < 4.78 is 24.7. The van der Waals surface area contributed by atoms with Crippen LogP contribution in [0, 0.1) is 5.92 Å². The van der Waals surface area contributed by atoms with Gasteiger partial charge in [-0.15, -0.1) is 0 Å². The van der Waals surface area contributed by atoms with Gasteiger partial charge in [0.15, 0.2) is 0 Å². The average Bonchev–Trinajstić information content (AvgIpc) is 2.53. The molecule has 1 aromatic heterocycles. The van der Waals surface area contributed by atoms with E-state index in [2.05, 4.69) is 10.2 Å². The smallest absolute Gasteiger partial charge is 0.282 e. The predicted molar refractivity (Wildman–Crippen MR) is 38.1 cm³/mol. The van der Waals surface area contributed by atoms with Crippen LogP contribution in [0.3, 0.4) is 0 Å². The van der Waals surface area contributed by atoms with E-state index in [0.717, 1.165) is 24.1 Å². The standard InChI is InChI=1S/C8H8F2N2/c9-8(10)7-6-4-1-3(4)2-5(6)11-12-7/h3-4,8H,1-2H2,(H,11,12). The first-order valence-corrected chi connectivity index (χ1v) is 4.12. The molecule has 0 amide bonds. The number of fused-ring (bicyclic) bond motifs is 3. The van der Waals surface area contributed by atoms with Gasteiger partial charge < -0.3 is 0 Å². The second kappa shape index (κ2) is 1.87. The van der Waals surface area contributed by atoms with E-state index in [0.29, 0.717) is 11.8 Å². The Bertz CT molecular complexity index is 332. The fraction of sp³-hybridized carbons (Fsp3) is 0.625. The van der Waals surface area contributed by atoms with Gasteiger partial charge >= 0.3 is 0 Å². The minimum atomic E-state index is -2.41. The van der Waals surface area contributed by atoms with Gasteiger partial charge in [0.25, 0.3) is 6.43 Å². The van der Waals surface area contributed by atoms with E-state index >= 15 is 0 Å². The van der Waals surface area contributed by atoms with Gasteiger partial charge in [0, 0.05) is 11.3 Å². The number of rotatable bonds is 1. The van der Waals surface area contributed by atoms with Gasteiger partial charge in [0.2, 0.25) is 0 Å². The van der Waals surface area contributed by atoms with Crippen molar-refractivity contribution in [1.82, 2.24) is 10.2 Å². The topological polar surface area (TPSA) is 28.7 Å². The molecule has 64 valence electrons. The van der Waals surface area contributed by atoms with Gasteiger partial charge in [-0.1, -0.05) is 0 Å². The minimum Gasteiger partial charge on any atom is -0.282 e. The van der Waals surface area contributed by atoms with Crippen LogP contribution in [0.2, 0.25) is 0 Å². The first kappa shape index (κ1) is 6.57. The Morgan fingerprint density at radius 2 is 2.33 bits per heavy atom. The number of aromatic nitrogens is 2. The molecule has 0 spiro atoms. The maximum absolute atomic E-state index is 12.4. The molecular weight excluding hydrogens is 162 g/mol. The molecule has 12 heavy (non-hydrogen) atoms. The van der Waals surface area contributed by atoms with Gasteiger partial charge in [0.1, 0.15) is 5.69 Å². The van der Waals surface area contributed by atoms with Gasteiger partial charge in [-0.2, -0.15) is 5.10 Å². The summed E-state index contributed by atoms with van der Waals surface area (Å²) in [7, 11) is 0. The summed E-state index contributed by atoms with van der Waals surface area (Å²) in [6, 6.07) is 0. The SMILES string of the molecule is FC(F)c1n[nH]c2c1C1CC1C2. The summed E-state index contributed by atoms with van der Waals surface area (Å²) in [5.74, 6) is 1.05. The Labute approximate surface area is 68.0 Å². The zero-order valence-electron chi connectivity index (χ0n) is 6.35. The van der Waals surface area contributed by atoms with Crippen LogP contribution in [0.25, 0.3) is 0 Å². The van der Waals surface area contributed by atoms with Crippen LogP contribution in [0.1, 0.15) is 35.7 Å². The Balaban J connectivity index is 2.12. The molecule has 1 heterocycles. The van der Waals surface area contributed by atoms with Crippen molar-refractivity contribution in [3.63, 3.8) is 0 Å². The van der Waals surface area contributed by atoms with Gasteiger partial charge in [-0.25, -0.2) is 8.78 Å². The molecule has 2 aliphatic carbocycles. The first-order chi connectivity index (χ1) is 5.77. The summed E-state index contributed by atoms with van der Waals surface area (Å²) in [5.41, 5.74) is 1.77. The highest BCUT2D eigenvalue weighted by molar-refractivity contribution is 5.41. The maximum Gasteiger partial charge on any atom is 0.282 e. The third-order valence-corrected chi connectivity index (χ3v) is 2.88. The fourth-order valence-electron chi connectivity index (χ4n) is 2.23. The third-order valence-electron chi connectivity index (χ3n) is 2.88. The summed E-state index contributed by atoms with van der Waals surface area (Å²) in [4.78, 5) is 0. The number of aromatic amines is 1. The van der Waals surface area contributed by atoms with Crippen molar-refractivity contribution in [2.75, 3.05) is 0 Å². The van der Waals surface area contributed by atoms with Crippen LogP contribution < -0.4 is 0 Å². The van der Waals surface area contributed by atoms with Crippen molar-refractivity contribution in [2.24, 2.45) is 5.92 Å².